The molecule has 0 aliphatic heterocycles. The summed E-state index contributed by atoms with van der Waals surface area (Å²) in [5.74, 6) is -0.420. The number of nitrogens with zero attached hydrogens (tertiary/aromatic N) is 1. The third kappa shape index (κ3) is 7.37. The van der Waals surface area contributed by atoms with Gasteiger partial charge in [-0.25, -0.2) is 13.1 Å². The van der Waals surface area contributed by atoms with E-state index in [0.29, 0.717) is 32.1 Å². The predicted molar refractivity (Wildman–Crippen MR) is 103 cm³/mol. The Kier molecular flexibility index (Phi) is 9.23. The quantitative estimate of drug-likeness (QED) is 0.166. The van der Waals surface area contributed by atoms with Gasteiger partial charge in [0, 0.05) is 31.2 Å². The lowest BCUT2D eigenvalue weighted by Crippen LogP contribution is -2.48. The Bertz CT molecular complexity index is 778. The zero-order valence-electron chi connectivity index (χ0n) is 15.8. The van der Waals surface area contributed by atoms with E-state index < -0.39 is 26.5 Å². The van der Waals surface area contributed by atoms with E-state index in [1.165, 1.54) is 19.1 Å². The molecule has 0 radical (unpaired) electrons. The molecule has 1 aromatic rings. The SMILES string of the molecule is C=CC[C@@](CCCO)(CCCOC(C)=O)NS(=O)(=O)c1ccc([N+](=O)[O-])cc1. The van der Waals surface area contributed by atoms with Crippen LogP contribution in [0.2, 0.25) is 0 Å². The van der Waals surface area contributed by atoms with Gasteiger partial charge >= 0.3 is 5.97 Å². The van der Waals surface area contributed by atoms with Crippen LogP contribution in [-0.2, 0) is 19.6 Å². The van der Waals surface area contributed by atoms with Gasteiger partial charge in [0.2, 0.25) is 10.0 Å². The molecule has 0 aliphatic rings. The lowest BCUT2D eigenvalue weighted by atomic mass is 9.86. The van der Waals surface area contributed by atoms with E-state index >= 15 is 0 Å². The van der Waals surface area contributed by atoms with Crippen LogP contribution in [0.4, 0.5) is 5.69 Å². The summed E-state index contributed by atoms with van der Waals surface area (Å²) in [6.07, 6.45) is 3.38. The second-order valence-electron chi connectivity index (χ2n) is 6.40. The van der Waals surface area contributed by atoms with Gasteiger partial charge in [0.25, 0.3) is 5.69 Å². The van der Waals surface area contributed by atoms with Gasteiger partial charge in [0.15, 0.2) is 0 Å². The van der Waals surface area contributed by atoms with Crippen LogP contribution < -0.4 is 4.72 Å². The van der Waals surface area contributed by atoms with E-state index in [0.717, 1.165) is 12.1 Å². The molecule has 0 saturated heterocycles. The Morgan fingerprint density at radius 3 is 2.43 bits per heavy atom. The molecule has 1 rings (SSSR count). The van der Waals surface area contributed by atoms with E-state index in [9.17, 15) is 28.4 Å². The van der Waals surface area contributed by atoms with Gasteiger partial charge < -0.3 is 9.84 Å². The summed E-state index contributed by atoms with van der Waals surface area (Å²) in [7, 11) is -3.98. The molecule has 0 saturated carbocycles. The number of nitro benzene ring substituents is 1. The minimum Gasteiger partial charge on any atom is -0.466 e. The van der Waals surface area contributed by atoms with Crippen molar-refractivity contribution in [3.05, 3.63) is 47.0 Å². The summed E-state index contributed by atoms with van der Waals surface area (Å²) in [4.78, 5) is 21.0. The minimum atomic E-state index is -3.98. The monoisotopic (exact) mass is 414 g/mol. The van der Waals surface area contributed by atoms with Gasteiger partial charge in [-0.3, -0.25) is 14.9 Å². The highest BCUT2D eigenvalue weighted by Gasteiger charge is 2.33. The first kappa shape index (κ1) is 23.7. The zero-order chi connectivity index (χ0) is 21.2. The number of nitrogens with one attached hydrogen (secondary N) is 1. The fraction of sp³-hybridized carbons (Fsp3) is 0.500. The number of aliphatic hydroxyl groups is 1. The van der Waals surface area contributed by atoms with Crippen molar-refractivity contribution in [2.45, 2.75) is 49.5 Å². The van der Waals surface area contributed by atoms with Crippen LogP contribution in [0, 0.1) is 10.1 Å². The molecular formula is C18H26N2O7S. The number of hydrogen-bond donors (Lipinski definition) is 2. The third-order valence-electron chi connectivity index (χ3n) is 4.16. The standard InChI is InChI=1S/C18H26N2O7S/c1-3-10-18(11-4-13-21,12-5-14-27-15(2)22)19-28(25,26)17-8-6-16(7-9-17)20(23)24/h3,6-9,19,21H,1,4-5,10-14H2,2H3/t18-/m1/s1. The van der Waals surface area contributed by atoms with Crippen molar-refractivity contribution < 1.29 is 28.0 Å². The number of carbonyl (C=O) groups excluding carboxylic acids is 1. The molecule has 0 amide bonds. The van der Waals surface area contributed by atoms with Gasteiger partial charge in [-0.2, -0.15) is 0 Å². The zero-order valence-corrected chi connectivity index (χ0v) is 16.6. The summed E-state index contributed by atoms with van der Waals surface area (Å²) in [5, 5.41) is 20.0. The second kappa shape index (κ2) is 10.9. The summed E-state index contributed by atoms with van der Waals surface area (Å²) in [6.45, 7) is 5.01. The van der Waals surface area contributed by atoms with Crippen LogP contribution in [-0.4, -0.2) is 43.2 Å². The molecule has 156 valence electrons. The molecule has 1 atom stereocenters. The molecule has 1 aromatic carbocycles. The first-order valence-corrected chi connectivity index (χ1v) is 10.3. The van der Waals surface area contributed by atoms with Crippen molar-refractivity contribution in [2.24, 2.45) is 0 Å². The van der Waals surface area contributed by atoms with Gasteiger partial charge in [-0.05, 0) is 44.2 Å². The average molecular weight is 414 g/mol. The van der Waals surface area contributed by atoms with Gasteiger partial charge in [0.05, 0.1) is 16.4 Å². The van der Waals surface area contributed by atoms with Crippen LogP contribution >= 0.6 is 0 Å². The van der Waals surface area contributed by atoms with Crippen LogP contribution in [0.3, 0.4) is 0 Å². The molecule has 10 heteroatoms. The topological polar surface area (TPSA) is 136 Å². The molecule has 0 heterocycles. The third-order valence-corrected chi connectivity index (χ3v) is 5.76. The summed E-state index contributed by atoms with van der Waals surface area (Å²) < 4.78 is 33.3. The predicted octanol–water partition coefficient (Wildman–Crippen LogP) is 2.30. The van der Waals surface area contributed by atoms with Crippen molar-refractivity contribution in [1.29, 1.82) is 0 Å². The Morgan fingerprint density at radius 1 is 1.32 bits per heavy atom. The van der Waals surface area contributed by atoms with Gasteiger partial charge in [0.1, 0.15) is 0 Å². The number of rotatable bonds is 13. The summed E-state index contributed by atoms with van der Waals surface area (Å²) in [5.41, 5.74) is -1.14. The largest absolute Gasteiger partial charge is 0.466 e. The smallest absolute Gasteiger partial charge is 0.302 e. The highest BCUT2D eigenvalue weighted by molar-refractivity contribution is 7.89. The van der Waals surface area contributed by atoms with Gasteiger partial charge in [-0.15, -0.1) is 6.58 Å². The molecule has 2 N–H and O–H groups in total. The van der Waals surface area contributed by atoms with Crippen LogP contribution in [0.25, 0.3) is 0 Å². The van der Waals surface area contributed by atoms with Gasteiger partial charge in [-0.1, -0.05) is 6.08 Å². The number of aliphatic hydroxyl groups excluding tert-OH is 1. The number of benzene rings is 1. The highest BCUT2D eigenvalue weighted by atomic mass is 32.2. The number of nitro groups is 1. The van der Waals surface area contributed by atoms with E-state index in [-0.39, 0.29) is 23.8 Å². The Labute approximate surface area is 164 Å². The summed E-state index contributed by atoms with van der Waals surface area (Å²) >= 11 is 0. The fourth-order valence-electron chi connectivity index (χ4n) is 2.88. The lowest BCUT2D eigenvalue weighted by molar-refractivity contribution is -0.384. The number of non-ortho nitro benzene ring substituents is 1. The van der Waals surface area contributed by atoms with Crippen LogP contribution in [0.5, 0.6) is 0 Å². The Morgan fingerprint density at radius 2 is 1.93 bits per heavy atom. The van der Waals surface area contributed by atoms with E-state index in [1.54, 1.807) is 6.08 Å². The first-order valence-electron chi connectivity index (χ1n) is 8.79. The maximum atomic E-state index is 12.8. The van der Waals surface area contributed by atoms with Crippen LogP contribution in [0.15, 0.2) is 41.8 Å². The Balaban J connectivity index is 3.07. The molecule has 0 aromatic heterocycles. The molecular weight excluding hydrogens is 388 g/mol. The molecule has 0 aliphatic carbocycles. The lowest BCUT2D eigenvalue weighted by Gasteiger charge is -2.34. The van der Waals surface area contributed by atoms with Crippen molar-refractivity contribution in [2.75, 3.05) is 13.2 Å². The average Bonchev–Trinajstić information content (AvgIpc) is 2.63. The summed E-state index contributed by atoms with van der Waals surface area (Å²) in [6, 6.07) is 4.59. The van der Waals surface area contributed by atoms with E-state index in [1.807, 2.05) is 0 Å². The number of esters is 1. The molecule has 0 fully saturated rings. The fourth-order valence-corrected chi connectivity index (χ4v) is 4.35. The maximum Gasteiger partial charge on any atom is 0.302 e. The van der Waals surface area contributed by atoms with Crippen LogP contribution in [0.1, 0.15) is 39.0 Å². The maximum absolute atomic E-state index is 12.8. The normalized spacial score (nSPS) is 13.5. The molecule has 0 bridgehead atoms. The molecule has 28 heavy (non-hydrogen) atoms. The molecule has 9 nitrogen and oxygen atoms in total. The van der Waals surface area contributed by atoms with Crippen molar-refractivity contribution in [1.82, 2.24) is 4.72 Å². The Hall–Kier alpha value is -2.30. The number of ether oxygens (including phenoxy) is 1. The van der Waals surface area contributed by atoms with E-state index in [4.69, 9.17) is 4.74 Å². The van der Waals surface area contributed by atoms with Crippen molar-refractivity contribution in [3.8, 4) is 0 Å². The van der Waals surface area contributed by atoms with E-state index in [2.05, 4.69) is 11.3 Å². The second-order valence-corrected chi connectivity index (χ2v) is 8.08. The first-order chi connectivity index (χ1) is 13.2. The number of sulfonamides is 1. The van der Waals surface area contributed by atoms with Crippen molar-refractivity contribution in [3.63, 3.8) is 0 Å². The molecule has 0 unspecified atom stereocenters. The number of hydrogen-bond acceptors (Lipinski definition) is 7. The van der Waals surface area contributed by atoms with Crippen molar-refractivity contribution >= 4 is 21.7 Å². The highest BCUT2D eigenvalue weighted by Crippen LogP contribution is 2.28. The minimum absolute atomic E-state index is 0.101. The molecule has 0 spiro atoms. The number of carbonyl (C=O) groups is 1.